The van der Waals surface area contributed by atoms with Crippen LogP contribution in [-0.4, -0.2) is 29.5 Å². The summed E-state index contributed by atoms with van der Waals surface area (Å²) in [5.74, 6) is 0. The molecule has 0 amide bonds. The Hall–Kier alpha value is -1.26. The lowest BCUT2D eigenvalue weighted by atomic mass is 10.1. The van der Waals surface area contributed by atoms with Crippen molar-refractivity contribution in [2.45, 2.75) is 6.10 Å². The highest BCUT2D eigenvalue weighted by Crippen LogP contribution is 2.29. The molecule has 0 saturated heterocycles. The van der Waals surface area contributed by atoms with E-state index in [2.05, 4.69) is 5.32 Å². The summed E-state index contributed by atoms with van der Waals surface area (Å²) in [7, 11) is 0. The highest BCUT2D eigenvalue weighted by Gasteiger charge is 2.04. The summed E-state index contributed by atoms with van der Waals surface area (Å²) in [6.45, 7) is 0.0286. The minimum Gasteiger partial charge on any atom is -0.394 e. The number of hydrogen-bond donors (Lipinski definition) is 3. The second-order valence-electron chi connectivity index (χ2n) is 4.43. The fourth-order valence-electron chi connectivity index (χ4n) is 1.78. The first-order valence-corrected chi connectivity index (χ1v) is 6.94. The zero-order valence-corrected chi connectivity index (χ0v) is 12.2. The molecule has 0 radical (unpaired) electrons. The van der Waals surface area contributed by atoms with Gasteiger partial charge in [0.15, 0.2) is 0 Å². The van der Waals surface area contributed by atoms with Gasteiger partial charge in [-0.2, -0.15) is 0 Å². The topological polar surface area (TPSA) is 52.5 Å². The first-order chi connectivity index (χ1) is 9.60. The summed E-state index contributed by atoms with van der Waals surface area (Å²) >= 11 is 11.9. The monoisotopic (exact) mass is 311 g/mol. The van der Waals surface area contributed by atoms with Crippen molar-refractivity contribution in [3.63, 3.8) is 0 Å². The van der Waals surface area contributed by atoms with Gasteiger partial charge >= 0.3 is 0 Å². The summed E-state index contributed by atoms with van der Waals surface area (Å²) in [6.07, 6.45) is -0.774. The number of nitrogens with one attached hydrogen (secondary N) is 1. The van der Waals surface area contributed by atoms with E-state index in [-0.39, 0.29) is 6.61 Å². The summed E-state index contributed by atoms with van der Waals surface area (Å²) < 4.78 is 0. The van der Waals surface area contributed by atoms with Gasteiger partial charge in [0, 0.05) is 12.2 Å². The van der Waals surface area contributed by atoms with Gasteiger partial charge in [-0.3, -0.25) is 0 Å². The van der Waals surface area contributed by atoms with E-state index in [0.717, 1.165) is 16.8 Å². The number of aliphatic hydroxyl groups is 2. The number of halogens is 2. The number of rotatable bonds is 5. The molecule has 0 heterocycles. The van der Waals surface area contributed by atoms with E-state index in [1.54, 1.807) is 6.07 Å². The third-order valence-electron chi connectivity index (χ3n) is 2.87. The van der Waals surface area contributed by atoms with E-state index in [4.69, 9.17) is 28.3 Å². The molecule has 0 aliphatic heterocycles. The van der Waals surface area contributed by atoms with Crippen LogP contribution in [0.2, 0.25) is 10.0 Å². The smallest absolute Gasteiger partial charge is 0.0942 e. The van der Waals surface area contributed by atoms with Crippen molar-refractivity contribution < 1.29 is 10.2 Å². The van der Waals surface area contributed by atoms with Crippen LogP contribution in [0.15, 0.2) is 42.5 Å². The Kier molecular flexibility index (Phi) is 5.26. The third-order valence-corrected chi connectivity index (χ3v) is 3.61. The average Bonchev–Trinajstić information content (AvgIpc) is 2.48. The summed E-state index contributed by atoms with van der Waals surface area (Å²) in [5, 5.41) is 22.2. The summed E-state index contributed by atoms with van der Waals surface area (Å²) in [4.78, 5) is 0. The highest BCUT2D eigenvalue weighted by atomic mass is 35.5. The van der Waals surface area contributed by atoms with Crippen LogP contribution in [0.4, 0.5) is 5.69 Å². The zero-order chi connectivity index (χ0) is 14.5. The molecule has 3 N–H and O–H groups in total. The molecule has 2 aromatic carbocycles. The molecule has 1 atom stereocenters. The molecule has 5 heteroatoms. The Morgan fingerprint density at radius 2 is 1.75 bits per heavy atom. The Morgan fingerprint density at radius 1 is 1.00 bits per heavy atom. The molecule has 0 aliphatic carbocycles. The quantitative estimate of drug-likeness (QED) is 0.793. The van der Waals surface area contributed by atoms with Crippen molar-refractivity contribution in [3.05, 3.63) is 52.5 Å². The fourth-order valence-corrected chi connectivity index (χ4v) is 2.08. The Labute approximate surface area is 127 Å². The van der Waals surface area contributed by atoms with Gasteiger partial charge in [-0.1, -0.05) is 41.4 Å². The number of benzene rings is 2. The molecule has 0 aliphatic rings. The van der Waals surface area contributed by atoms with Gasteiger partial charge in [0.2, 0.25) is 0 Å². The van der Waals surface area contributed by atoms with Gasteiger partial charge < -0.3 is 15.5 Å². The van der Waals surface area contributed by atoms with E-state index >= 15 is 0 Å². The van der Waals surface area contributed by atoms with Crippen LogP contribution in [0.25, 0.3) is 11.1 Å². The second-order valence-corrected chi connectivity index (χ2v) is 5.24. The maximum Gasteiger partial charge on any atom is 0.0942 e. The lowest BCUT2D eigenvalue weighted by Crippen LogP contribution is -2.22. The largest absolute Gasteiger partial charge is 0.394 e. The second kappa shape index (κ2) is 6.95. The Balaban J connectivity index is 2.18. The van der Waals surface area contributed by atoms with E-state index in [1.807, 2.05) is 36.4 Å². The summed E-state index contributed by atoms with van der Waals surface area (Å²) in [6, 6.07) is 13.2. The van der Waals surface area contributed by atoms with Crippen molar-refractivity contribution in [3.8, 4) is 11.1 Å². The predicted octanol–water partition coefficient (Wildman–Crippen LogP) is 3.43. The minimum absolute atomic E-state index is 0.264. The third kappa shape index (κ3) is 3.87. The van der Waals surface area contributed by atoms with E-state index in [1.165, 1.54) is 0 Å². The van der Waals surface area contributed by atoms with Crippen LogP contribution in [0.1, 0.15) is 0 Å². The molecule has 3 nitrogen and oxygen atoms in total. The van der Waals surface area contributed by atoms with E-state index < -0.39 is 6.10 Å². The van der Waals surface area contributed by atoms with Gasteiger partial charge in [0.25, 0.3) is 0 Å². The standard InChI is InChI=1S/C15H15Cl2NO2/c16-14-5-4-11(7-15(14)17)10-2-1-3-12(6-10)18-8-13(20)9-19/h1-7,13,18-20H,8-9H2. The molecule has 0 fully saturated rings. The SMILES string of the molecule is OCC(O)CNc1cccc(-c2ccc(Cl)c(Cl)c2)c1. The molecular weight excluding hydrogens is 297 g/mol. The molecule has 2 aromatic rings. The molecule has 0 aromatic heterocycles. The molecule has 0 spiro atoms. The van der Waals surface area contributed by atoms with Crippen molar-refractivity contribution >= 4 is 28.9 Å². The van der Waals surface area contributed by atoms with Gasteiger partial charge in [-0.25, -0.2) is 0 Å². The van der Waals surface area contributed by atoms with Crippen molar-refractivity contribution in [2.24, 2.45) is 0 Å². The molecule has 0 bridgehead atoms. The van der Waals surface area contributed by atoms with Crippen LogP contribution in [0.5, 0.6) is 0 Å². The number of anilines is 1. The minimum atomic E-state index is -0.774. The molecular formula is C15H15Cl2NO2. The van der Waals surface area contributed by atoms with Gasteiger partial charge in [0.1, 0.15) is 0 Å². The van der Waals surface area contributed by atoms with Gasteiger partial charge in [-0.05, 0) is 35.4 Å². The number of aliphatic hydroxyl groups excluding tert-OH is 2. The predicted molar refractivity (Wildman–Crippen MR) is 83.5 cm³/mol. The van der Waals surface area contributed by atoms with E-state index in [0.29, 0.717) is 16.6 Å². The van der Waals surface area contributed by atoms with Crippen molar-refractivity contribution in [1.29, 1.82) is 0 Å². The molecule has 106 valence electrons. The van der Waals surface area contributed by atoms with Gasteiger partial charge in [0.05, 0.1) is 22.8 Å². The van der Waals surface area contributed by atoms with Crippen LogP contribution in [0.3, 0.4) is 0 Å². The summed E-state index contributed by atoms with van der Waals surface area (Å²) in [5.41, 5.74) is 2.82. The normalized spacial score (nSPS) is 12.2. The van der Waals surface area contributed by atoms with Crippen LogP contribution in [0, 0.1) is 0 Å². The molecule has 1 unspecified atom stereocenters. The first-order valence-electron chi connectivity index (χ1n) is 6.18. The average molecular weight is 312 g/mol. The fraction of sp³-hybridized carbons (Fsp3) is 0.200. The van der Waals surface area contributed by atoms with Gasteiger partial charge in [-0.15, -0.1) is 0 Å². The van der Waals surface area contributed by atoms with Crippen molar-refractivity contribution in [2.75, 3.05) is 18.5 Å². The van der Waals surface area contributed by atoms with Crippen molar-refractivity contribution in [1.82, 2.24) is 0 Å². The van der Waals surface area contributed by atoms with Crippen LogP contribution in [-0.2, 0) is 0 Å². The highest BCUT2D eigenvalue weighted by molar-refractivity contribution is 6.42. The maximum atomic E-state index is 9.33. The van der Waals surface area contributed by atoms with E-state index in [9.17, 15) is 5.11 Å². The zero-order valence-electron chi connectivity index (χ0n) is 10.7. The Bertz CT molecular complexity index is 590. The molecule has 0 saturated carbocycles. The first kappa shape index (κ1) is 15.1. The van der Waals surface area contributed by atoms with Crippen LogP contribution >= 0.6 is 23.2 Å². The lowest BCUT2D eigenvalue weighted by Gasteiger charge is -2.11. The number of hydrogen-bond acceptors (Lipinski definition) is 3. The molecule has 2 rings (SSSR count). The maximum absolute atomic E-state index is 9.33. The lowest BCUT2D eigenvalue weighted by molar-refractivity contribution is 0.105. The van der Waals surface area contributed by atoms with Crippen LogP contribution < -0.4 is 5.32 Å². The molecule has 20 heavy (non-hydrogen) atoms. The Morgan fingerprint density at radius 3 is 2.45 bits per heavy atom.